The third kappa shape index (κ3) is 1.66. The van der Waals surface area contributed by atoms with Crippen molar-refractivity contribution in [1.82, 2.24) is 10.3 Å². The van der Waals surface area contributed by atoms with E-state index in [0.717, 1.165) is 0 Å². The Labute approximate surface area is 75.0 Å². The fourth-order valence-corrected chi connectivity index (χ4v) is 1.46. The Morgan fingerprint density at radius 3 is 3.08 bits per heavy atom. The van der Waals surface area contributed by atoms with Crippen molar-refractivity contribution in [1.29, 1.82) is 0 Å². The van der Waals surface area contributed by atoms with E-state index in [4.69, 9.17) is 0 Å². The summed E-state index contributed by atoms with van der Waals surface area (Å²) >= 11 is 0. The van der Waals surface area contributed by atoms with Gasteiger partial charge in [0.05, 0.1) is 0 Å². The summed E-state index contributed by atoms with van der Waals surface area (Å²) in [6.45, 7) is 0.565. The second-order valence-electron chi connectivity index (χ2n) is 3.10. The molecule has 0 saturated carbocycles. The molecule has 0 bridgehead atoms. The van der Waals surface area contributed by atoms with Crippen molar-refractivity contribution < 1.29 is 9.18 Å². The summed E-state index contributed by atoms with van der Waals surface area (Å²) in [6, 6.07) is 2.68. The number of rotatable bonds is 1. The third-order valence-electron chi connectivity index (χ3n) is 2.14. The zero-order valence-electron chi connectivity index (χ0n) is 6.96. The highest BCUT2D eigenvalue weighted by atomic mass is 19.1. The molecule has 0 aliphatic carbocycles. The molecule has 68 valence electrons. The molecule has 1 fully saturated rings. The first-order chi connectivity index (χ1) is 6.25. The van der Waals surface area contributed by atoms with Gasteiger partial charge in [-0.15, -0.1) is 0 Å². The molecule has 0 radical (unpaired) electrons. The van der Waals surface area contributed by atoms with Crippen LogP contribution in [0, 0.1) is 5.82 Å². The summed E-state index contributed by atoms with van der Waals surface area (Å²) in [7, 11) is 0. The zero-order chi connectivity index (χ0) is 9.26. The van der Waals surface area contributed by atoms with E-state index in [9.17, 15) is 9.18 Å². The van der Waals surface area contributed by atoms with E-state index >= 15 is 0 Å². The molecular formula is C9H9FN2O. The van der Waals surface area contributed by atoms with Gasteiger partial charge in [0.15, 0.2) is 0 Å². The van der Waals surface area contributed by atoms with Crippen molar-refractivity contribution >= 4 is 5.91 Å². The average molecular weight is 180 g/mol. The Morgan fingerprint density at radius 1 is 1.62 bits per heavy atom. The number of hydrogen-bond acceptors (Lipinski definition) is 2. The van der Waals surface area contributed by atoms with Gasteiger partial charge >= 0.3 is 0 Å². The molecule has 13 heavy (non-hydrogen) atoms. The number of aromatic nitrogens is 1. The Hall–Kier alpha value is -1.45. The second-order valence-corrected chi connectivity index (χ2v) is 3.10. The molecule has 2 rings (SSSR count). The van der Waals surface area contributed by atoms with Crippen molar-refractivity contribution in [3.05, 3.63) is 29.8 Å². The number of carbonyl (C=O) groups excluding carboxylic acids is 1. The third-order valence-corrected chi connectivity index (χ3v) is 2.14. The van der Waals surface area contributed by atoms with E-state index in [1.807, 2.05) is 0 Å². The van der Waals surface area contributed by atoms with E-state index in [1.54, 1.807) is 0 Å². The van der Waals surface area contributed by atoms with Crippen LogP contribution in [-0.2, 0) is 4.79 Å². The van der Waals surface area contributed by atoms with Crippen LogP contribution in [0.2, 0.25) is 0 Å². The van der Waals surface area contributed by atoms with Gasteiger partial charge in [-0.2, -0.15) is 0 Å². The monoisotopic (exact) mass is 180 g/mol. The Kier molecular flexibility index (Phi) is 1.96. The molecule has 1 unspecified atom stereocenters. The summed E-state index contributed by atoms with van der Waals surface area (Å²) in [6.07, 6.45) is 1.84. The Bertz CT molecular complexity index is 340. The summed E-state index contributed by atoms with van der Waals surface area (Å²) < 4.78 is 12.8. The topological polar surface area (TPSA) is 42.0 Å². The van der Waals surface area contributed by atoms with Crippen LogP contribution in [-0.4, -0.2) is 17.4 Å². The molecule has 1 N–H and O–H groups in total. The van der Waals surface area contributed by atoms with Crippen LogP contribution >= 0.6 is 0 Å². The lowest BCUT2D eigenvalue weighted by Gasteiger charge is -2.04. The highest BCUT2D eigenvalue weighted by Gasteiger charge is 2.23. The van der Waals surface area contributed by atoms with Gasteiger partial charge in [0.1, 0.15) is 5.82 Å². The first-order valence-electron chi connectivity index (χ1n) is 4.14. The Morgan fingerprint density at radius 2 is 2.46 bits per heavy atom. The van der Waals surface area contributed by atoms with Crippen LogP contribution < -0.4 is 5.32 Å². The number of halogens is 1. The standard InChI is InChI=1S/C9H9FN2O/c10-7-1-2-11-8(4-7)6-3-9(13)12-5-6/h1-2,4,6H,3,5H2,(H,12,13). The molecule has 1 aromatic rings. The zero-order valence-corrected chi connectivity index (χ0v) is 6.96. The summed E-state index contributed by atoms with van der Waals surface area (Å²) in [5, 5.41) is 2.69. The normalized spacial score (nSPS) is 21.6. The molecule has 1 saturated heterocycles. The van der Waals surface area contributed by atoms with Crippen molar-refractivity contribution in [2.75, 3.05) is 6.54 Å². The van der Waals surface area contributed by atoms with Crippen LogP contribution in [0.3, 0.4) is 0 Å². The lowest BCUT2D eigenvalue weighted by atomic mass is 10.0. The number of carbonyl (C=O) groups is 1. The van der Waals surface area contributed by atoms with Crippen molar-refractivity contribution in [3.63, 3.8) is 0 Å². The molecule has 1 aromatic heterocycles. The maximum Gasteiger partial charge on any atom is 0.220 e. The van der Waals surface area contributed by atoms with Crippen LogP contribution in [0.5, 0.6) is 0 Å². The minimum absolute atomic E-state index is 0.0102. The average Bonchev–Trinajstić information content (AvgIpc) is 2.52. The largest absolute Gasteiger partial charge is 0.355 e. The summed E-state index contributed by atoms with van der Waals surface area (Å²) in [4.78, 5) is 14.9. The van der Waals surface area contributed by atoms with Crippen molar-refractivity contribution in [2.45, 2.75) is 12.3 Å². The highest BCUT2D eigenvalue weighted by Crippen LogP contribution is 2.20. The van der Waals surface area contributed by atoms with Gasteiger partial charge in [-0.05, 0) is 12.1 Å². The van der Waals surface area contributed by atoms with E-state index in [0.29, 0.717) is 18.7 Å². The number of hydrogen-bond donors (Lipinski definition) is 1. The summed E-state index contributed by atoms with van der Waals surface area (Å²) in [5.74, 6) is -0.261. The lowest BCUT2D eigenvalue weighted by molar-refractivity contribution is -0.119. The van der Waals surface area contributed by atoms with Gasteiger partial charge in [-0.25, -0.2) is 4.39 Å². The fraction of sp³-hybridized carbons (Fsp3) is 0.333. The maximum absolute atomic E-state index is 12.8. The maximum atomic E-state index is 12.8. The molecule has 1 amide bonds. The Balaban J connectivity index is 2.21. The summed E-state index contributed by atoms with van der Waals surface area (Å²) in [5.41, 5.74) is 0.651. The molecule has 0 spiro atoms. The van der Waals surface area contributed by atoms with E-state index in [-0.39, 0.29) is 17.6 Å². The van der Waals surface area contributed by atoms with E-state index in [2.05, 4.69) is 10.3 Å². The number of amides is 1. The molecule has 4 heteroatoms. The van der Waals surface area contributed by atoms with E-state index in [1.165, 1.54) is 18.3 Å². The first kappa shape index (κ1) is 8.16. The van der Waals surface area contributed by atoms with Crippen molar-refractivity contribution in [2.24, 2.45) is 0 Å². The van der Waals surface area contributed by atoms with Crippen LogP contribution in [0.4, 0.5) is 4.39 Å². The van der Waals surface area contributed by atoms with Gasteiger partial charge in [0.2, 0.25) is 5.91 Å². The van der Waals surface area contributed by atoms with E-state index < -0.39 is 0 Å². The quantitative estimate of drug-likeness (QED) is 0.695. The molecular weight excluding hydrogens is 171 g/mol. The minimum Gasteiger partial charge on any atom is -0.355 e. The first-order valence-corrected chi connectivity index (χ1v) is 4.14. The fourth-order valence-electron chi connectivity index (χ4n) is 1.46. The highest BCUT2D eigenvalue weighted by molar-refractivity contribution is 5.79. The van der Waals surface area contributed by atoms with Crippen LogP contribution in [0.25, 0.3) is 0 Å². The number of pyridine rings is 1. The van der Waals surface area contributed by atoms with Crippen LogP contribution in [0.15, 0.2) is 18.3 Å². The minimum atomic E-state index is -0.302. The van der Waals surface area contributed by atoms with Gasteiger partial charge in [-0.3, -0.25) is 9.78 Å². The van der Waals surface area contributed by atoms with Gasteiger partial charge in [0, 0.05) is 30.8 Å². The molecule has 2 heterocycles. The smallest absolute Gasteiger partial charge is 0.220 e. The van der Waals surface area contributed by atoms with Gasteiger partial charge < -0.3 is 5.32 Å². The van der Waals surface area contributed by atoms with Crippen molar-refractivity contribution in [3.8, 4) is 0 Å². The SMILES string of the molecule is O=C1CC(c2cc(F)ccn2)CN1. The molecule has 1 aliphatic rings. The van der Waals surface area contributed by atoms with Gasteiger partial charge in [-0.1, -0.05) is 0 Å². The number of nitrogens with one attached hydrogen (secondary N) is 1. The molecule has 3 nitrogen and oxygen atoms in total. The molecule has 1 aliphatic heterocycles. The second kappa shape index (κ2) is 3.12. The molecule has 0 aromatic carbocycles. The van der Waals surface area contributed by atoms with Crippen LogP contribution in [0.1, 0.15) is 18.0 Å². The lowest BCUT2D eigenvalue weighted by Crippen LogP contribution is -2.13. The predicted molar refractivity (Wildman–Crippen MR) is 44.6 cm³/mol. The number of nitrogens with zero attached hydrogens (tertiary/aromatic N) is 1. The predicted octanol–water partition coefficient (Wildman–Crippen LogP) is 0.824. The van der Waals surface area contributed by atoms with Gasteiger partial charge in [0.25, 0.3) is 0 Å². The molecule has 1 atom stereocenters.